The summed E-state index contributed by atoms with van der Waals surface area (Å²) >= 11 is 7.95. The van der Waals surface area contributed by atoms with Gasteiger partial charge in [0, 0.05) is 48.2 Å². The normalized spacial score (nSPS) is 14.2. The van der Waals surface area contributed by atoms with Crippen LogP contribution in [-0.4, -0.2) is 51.9 Å². The maximum atomic E-state index is 10.6. The molecule has 0 aliphatic carbocycles. The summed E-state index contributed by atoms with van der Waals surface area (Å²) in [5, 5.41) is 15.1. The van der Waals surface area contributed by atoms with Gasteiger partial charge in [0.15, 0.2) is 0 Å². The number of aryl methyl sites for hydroxylation is 1. The van der Waals surface area contributed by atoms with Crippen LogP contribution in [0.2, 0.25) is 5.02 Å². The maximum Gasteiger partial charge on any atom is 0.490 e. The Balaban J connectivity index is 0.000000616. The van der Waals surface area contributed by atoms with Gasteiger partial charge in [-0.3, -0.25) is 0 Å². The number of benzene rings is 2. The molecule has 0 bridgehead atoms. The highest BCUT2D eigenvalue weighted by Gasteiger charge is 2.38. The SMILES string of the molecule is Cc1ccc(CSc2cnc(NC(C)(C)C)nc2N2CCC(NCc3cccc(Cl)c3)CC2)cc1.O=C(O)C(F)(F)F. The number of aliphatic carboxylic acids is 1. The van der Waals surface area contributed by atoms with Crippen LogP contribution in [0.4, 0.5) is 24.9 Å². The molecular weight excluding hydrogens is 587 g/mol. The largest absolute Gasteiger partial charge is 0.490 e. The Labute approximate surface area is 254 Å². The van der Waals surface area contributed by atoms with Gasteiger partial charge in [-0.05, 0) is 63.8 Å². The lowest BCUT2D eigenvalue weighted by Gasteiger charge is -2.34. The van der Waals surface area contributed by atoms with Crippen LogP contribution in [0.5, 0.6) is 0 Å². The summed E-state index contributed by atoms with van der Waals surface area (Å²) in [6, 6.07) is 17.3. The van der Waals surface area contributed by atoms with Crippen LogP contribution in [0.3, 0.4) is 0 Å². The molecule has 12 heteroatoms. The Kier molecular flexibility index (Phi) is 11.9. The Morgan fingerprint density at radius 1 is 1.10 bits per heavy atom. The predicted octanol–water partition coefficient (Wildman–Crippen LogP) is 7.33. The van der Waals surface area contributed by atoms with Crippen LogP contribution in [0.1, 0.15) is 50.3 Å². The van der Waals surface area contributed by atoms with E-state index in [1.807, 2.05) is 36.2 Å². The zero-order valence-electron chi connectivity index (χ0n) is 24.1. The Morgan fingerprint density at radius 3 is 2.31 bits per heavy atom. The summed E-state index contributed by atoms with van der Waals surface area (Å²) in [6.45, 7) is 11.3. The number of carboxylic acid groups (broad SMARTS) is 1. The first-order chi connectivity index (χ1) is 19.7. The molecule has 0 radical (unpaired) electrons. The average Bonchev–Trinajstić information content (AvgIpc) is 2.91. The van der Waals surface area contributed by atoms with Gasteiger partial charge in [-0.2, -0.15) is 18.2 Å². The number of carbonyl (C=O) groups is 1. The molecule has 3 N–H and O–H groups in total. The molecule has 3 aromatic rings. The molecule has 1 aliphatic heterocycles. The van der Waals surface area contributed by atoms with Gasteiger partial charge < -0.3 is 20.6 Å². The van der Waals surface area contributed by atoms with Crippen molar-refractivity contribution in [2.45, 2.75) is 75.5 Å². The van der Waals surface area contributed by atoms with Crippen LogP contribution in [-0.2, 0) is 17.1 Å². The number of anilines is 2. The number of piperidine rings is 1. The van der Waals surface area contributed by atoms with Gasteiger partial charge in [0.1, 0.15) is 5.82 Å². The highest BCUT2D eigenvalue weighted by Crippen LogP contribution is 2.33. The first-order valence-electron chi connectivity index (χ1n) is 13.6. The van der Waals surface area contributed by atoms with Crippen molar-refractivity contribution in [3.63, 3.8) is 0 Å². The molecule has 0 saturated carbocycles. The highest BCUT2D eigenvalue weighted by atomic mass is 35.5. The third kappa shape index (κ3) is 11.3. The Morgan fingerprint density at radius 2 is 1.74 bits per heavy atom. The van der Waals surface area contributed by atoms with E-state index < -0.39 is 12.1 Å². The number of aromatic nitrogens is 2. The van der Waals surface area contributed by atoms with Gasteiger partial charge in [0.05, 0.1) is 4.90 Å². The molecule has 42 heavy (non-hydrogen) atoms. The molecular formula is C30H37ClF3N5O2S. The van der Waals surface area contributed by atoms with Gasteiger partial charge in [-0.1, -0.05) is 53.6 Å². The van der Waals surface area contributed by atoms with E-state index in [1.54, 1.807) is 0 Å². The summed E-state index contributed by atoms with van der Waals surface area (Å²) in [4.78, 5) is 22.1. The van der Waals surface area contributed by atoms with Crippen LogP contribution < -0.4 is 15.5 Å². The first-order valence-corrected chi connectivity index (χ1v) is 14.9. The molecule has 0 unspecified atom stereocenters. The fourth-order valence-electron chi connectivity index (χ4n) is 4.14. The highest BCUT2D eigenvalue weighted by molar-refractivity contribution is 7.98. The van der Waals surface area contributed by atoms with Crippen LogP contribution in [0.15, 0.2) is 59.6 Å². The number of nitrogens with zero attached hydrogens (tertiary/aromatic N) is 3. The van der Waals surface area contributed by atoms with E-state index in [1.165, 1.54) is 16.7 Å². The number of alkyl halides is 3. The Bertz CT molecular complexity index is 1310. The van der Waals surface area contributed by atoms with E-state index >= 15 is 0 Å². The van der Waals surface area contributed by atoms with E-state index in [9.17, 15) is 13.2 Å². The molecule has 1 aliphatic rings. The van der Waals surface area contributed by atoms with Crippen molar-refractivity contribution < 1.29 is 23.1 Å². The number of hydrogen-bond acceptors (Lipinski definition) is 7. The van der Waals surface area contributed by atoms with Crippen LogP contribution >= 0.6 is 23.4 Å². The van der Waals surface area contributed by atoms with E-state index in [-0.39, 0.29) is 5.54 Å². The van der Waals surface area contributed by atoms with E-state index in [4.69, 9.17) is 26.5 Å². The summed E-state index contributed by atoms with van der Waals surface area (Å²) in [5.41, 5.74) is 3.73. The van der Waals surface area contributed by atoms with Crippen molar-refractivity contribution in [1.82, 2.24) is 15.3 Å². The predicted molar refractivity (Wildman–Crippen MR) is 163 cm³/mol. The van der Waals surface area contributed by atoms with E-state index in [2.05, 4.69) is 78.5 Å². The number of carboxylic acids is 1. The number of halogens is 4. The first kappa shape index (κ1) is 33.5. The third-order valence-corrected chi connectivity index (χ3v) is 7.57. The number of thioether (sulfide) groups is 1. The molecule has 2 heterocycles. The zero-order chi connectivity index (χ0) is 30.9. The summed E-state index contributed by atoms with van der Waals surface area (Å²) < 4.78 is 31.7. The van der Waals surface area contributed by atoms with Gasteiger partial charge in [0.2, 0.25) is 5.95 Å². The number of rotatable bonds is 8. The van der Waals surface area contributed by atoms with Crippen molar-refractivity contribution in [3.05, 3.63) is 76.4 Å². The lowest BCUT2D eigenvalue weighted by atomic mass is 10.0. The fraction of sp³-hybridized carbons (Fsp3) is 0.433. The molecule has 7 nitrogen and oxygen atoms in total. The smallest absolute Gasteiger partial charge is 0.475 e. The molecule has 0 spiro atoms. The minimum atomic E-state index is -5.08. The summed E-state index contributed by atoms with van der Waals surface area (Å²) in [7, 11) is 0. The minimum absolute atomic E-state index is 0.0922. The Hall–Kier alpha value is -3.02. The zero-order valence-corrected chi connectivity index (χ0v) is 25.7. The number of hydrogen-bond donors (Lipinski definition) is 3. The molecule has 2 aromatic carbocycles. The van der Waals surface area contributed by atoms with Crippen LogP contribution in [0, 0.1) is 6.92 Å². The van der Waals surface area contributed by atoms with Crippen molar-refractivity contribution in [2.75, 3.05) is 23.3 Å². The van der Waals surface area contributed by atoms with Gasteiger partial charge in [-0.15, -0.1) is 11.8 Å². The van der Waals surface area contributed by atoms with E-state index in [0.717, 1.165) is 54.0 Å². The monoisotopic (exact) mass is 623 g/mol. The average molecular weight is 624 g/mol. The molecule has 0 amide bonds. The molecule has 0 atom stereocenters. The second kappa shape index (κ2) is 14.9. The second-order valence-corrected chi connectivity index (χ2v) is 12.6. The standard InChI is InChI=1S/C28H36ClN5S.C2HF3O2/c1-20-8-10-21(11-9-20)19-35-25-18-31-27(33-28(2,3)4)32-26(25)34-14-12-24(13-15-34)30-17-22-6-5-7-23(29)16-22;3-2(4,5)1(6)7/h5-11,16,18,24,30H,12-15,17,19H2,1-4H3,(H,31,32,33);(H,6,7). The number of nitrogens with one attached hydrogen (secondary N) is 2. The molecule has 1 saturated heterocycles. The van der Waals surface area contributed by atoms with Gasteiger partial charge >= 0.3 is 12.1 Å². The van der Waals surface area contributed by atoms with Crippen molar-refractivity contribution in [3.8, 4) is 0 Å². The second-order valence-electron chi connectivity index (χ2n) is 11.1. The summed E-state index contributed by atoms with van der Waals surface area (Å²) in [6.07, 6.45) is -0.942. The lowest BCUT2D eigenvalue weighted by molar-refractivity contribution is -0.192. The summed E-state index contributed by atoms with van der Waals surface area (Å²) in [5.74, 6) is -0.126. The van der Waals surface area contributed by atoms with Crippen molar-refractivity contribution in [1.29, 1.82) is 0 Å². The molecule has 1 fully saturated rings. The third-order valence-electron chi connectivity index (χ3n) is 6.26. The topological polar surface area (TPSA) is 90.4 Å². The minimum Gasteiger partial charge on any atom is -0.475 e. The molecule has 1 aromatic heterocycles. The van der Waals surface area contributed by atoms with Gasteiger partial charge in [0.25, 0.3) is 0 Å². The lowest BCUT2D eigenvalue weighted by Crippen LogP contribution is -2.43. The van der Waals surface area contributed by atoms with E-state index in [0.29, 0.717) is 12.0 Å². The van der Waals surface area contributed by atoms with Gasteiger partial charge in [-0.25, -0.2) is 9.78 Å². The fourth-order valence-corrected chi connectivity index (χ4v) is 5.29. The van der Waals surface area contributed by atoms with Crippen molar-refractivity contribution in [2.24, 2.45) is 0 Å². The van der Waals surface area contributed by atoms with Crippen molar-refractivity contribution >= 4 is 41.1 Å². The van der Waals surface area contributed by atoms with Crippen LogP contribution in [0.25, 0.3) is 0 Å². The quantitative estimate of drug-likeness (QED) is 0.225. The maximum absolute atomic E-state index is 10.6. The molecule has 4 rings (SSSR count). The molecule has 228 valence electrons.